The van der Waals surface area contributed by atoms with Gasteiger partial charge in [0.1, 0.15) is 6.10 Å². The second-order valence-electron chi connectivity index (χ2n) is 6.02. The van der Waals surface area contributed by atoms with Gasteiger partial charge in [0.05, 0.1) is 0 Å². The molecule has 1 aromatic rings. The van der Waals surface area contributed by atoms with Gasteiger partial charge in [0.15, 0.2) is 5.66 Å². The van der Waals surface area contributed by atoms with Crippen LogP contribution in [0.15, 0.2) is 40.6 Å². The van der Waals surface area contributed by atoms with Gasteiger partial charge in [0.2, 0.25) is 5.91 Å². The highest BCUT2D eigenvalue weighted by atomic mass is 16.5. The largest absolute Gasteiger partial charge is 0.368 e. The van der Waals surface area contributed by atoms with Gasteiger partial charge < -0.3 is 10.1 Å². The number of hydrogen-bond acceptors (Lipinski definition) is 4. The van der Waals surface area contributed by atoms with Crippen molar-refractivity contribution < 1.29 is 9.53 Å². The van der Waals surface area contributed by atoms with Gasteiger partial charge in [-0.2, -0.15) is 10.2 Å². The van der Waals surface area contributed by atoms with E-state index in [-0.39, 0.29) is 17.5 Å². The second-order valence-corrected chi connectivity index (χ2v) is 6.02. The normalized spacial score (nSPS) is 24.1. The summed E-state index contributed by atoms with van der Waals surface area (Å²) in [6, 6.07) is 10.1. The number of carbonyl (C=O) groups is 1. The first kappa shape index (κ1) is 15.7. The standard InChI is InChI=1S/C18H21N3O2/c1-2-3-10-18(20-21-18)11-12-19-17(22)16-15(9-13-23-16)14-7-5-4-6-8-14/h1,4-8,15-16H,3,9-13H2,(H,19,22)/t15-,16-/m1/s1. The van der Waals surface area contributed by atoms with Crippen LogP contribution in [0.25, 0.3) is 0 Å². The molecule has 1 aromatic carbocycles. The topological polar surface area (TPSA) is 63.0 Å². The molecule has 2 aliphatic heterocycles. The lowest BCUT2D eigenvalue weighted by Gasteiger charge is -2.19. The molecule has 0 aliphatic carbocycles. The van der Waals surface area contributed by atoms with E-state index < -0.39 is 6.10 Å². The molecular formula is C18H21N3O2. The van der Waals surface area contributed by atoms with E-state index >= 15 is 0 Å². The van der Waals surface area contributed by atoms with Crippen LogP contribution in [0.1, 0.15) is 37.2 Å². The zero-order chi connectivity index (χ0) is 16.1. The third-order valence-electron chi connectivity index (χ3n) is 4.46. The minimum Gasteiger partial charge on any atom is -0.368 e. The quantitative estimate of drug-likeness (QED) is 0.787. The Labute approximate surface area is 136 Å². The van der Waals surface area contributed by atoms with Crippen molar-refractivity contribution >= 4 is 5.91 Å². The zero-order valence-electron chi connectivity index (χ0n) is 13.1. The van der Waals surface area contributed by atoms with Gasteiger partial charge in [-0.1, -0.05) is 30.3 Å². The molecule has 5 heteroatoms. The fourth-order valence-corrected chi connectivity index (χ4v) is 3.04. The molecule has 1 amide bonds. The van der Waals surface area contributed by atoms with E-state index in [4.69, 9.17) is 11.2 Å². The molecule has 1 N–H and O–H groups in total. The van der Waals surface area contributed by atoms with E-state index in [0.29, 0.717) is 26.0 Å². The van der Waals surface area contributed by atoms with Crippen LogP contribution in [-0.2, 0) is 9.53 Å². The van der Waals surface area contributed by atoms with Crippen LogP contribution >= 0.6 is 0 Å². The summed E-state index contributed by atoms with van der Waals surface area (Å²) in [5, 5.41) is 11.1. The maximum Gasteiger partial charge on any atom is 0.249 e. The predicted octanol–water partition coefficient (Wildman–Crippen LogP) is 2.64. The van der Waals surface area contributed by atoms with Gasteiger partial charge >= 0.3 is 0 Å². The molecule has 5 nitrogen and oxygen atoms in total. The summed E-state index contributed by atoms with van der Waals surface area (Å²) in [6.45, 7) is 1.16. The van der Waals surface area contributed by atoms with Crippen LogP contribution in [0.2, 0.25) is 0 Å². The average molecular weight is 311 g/mol. The van der Waals surface area contributed by atoms with E-state index in [0.717, 1.165) is 18.4 Å². The van der Waals surface area contributed by atoms with Gasteiger partial charge in [-0.3, -0.25) is 4.79 Å². The Balaban J connectivity index is 1.49. The van der Waals surface area contributed by atoms with Gasteiger partial charge in [-0.25, -0.2) is 0 Å². The minimum absolute atomic E-state index is 0.0518. The third-order valence-corrected chi connectivity index (χ3v) is 4.46. The summed E-state index contributed by atoms with van der Waals surface area (Å²) in [6.07, 6.45) is 7.85. The maximum atomic E-state index is 12.4. The molecule has 0 spiro atoms. The number of amides is 1. The van der Waals surface area contributed by atoms with Crippen LogP contribution in [0.5, 0.6) is 0 Å². The SMILES string of the molecule is C#CCCC1(CCNC(=O)[C@@H]2OCC[C@@H]2c2ccccc2)N=N1. The predicted molar refractivity (Wildman–Crippen MR) is 86.8 cm³/mol. The Morgan fingerprint density at radius 1 is 1.35 bits per heavy atom. The van der Waals surface area contributed by atoms with Crippen molar-refractivity contribution in [2.45, 2.75) is 43.4 Å². The molecule has 0 unspecified atom stereocenters. The molecule has 2 heterocycles. The Morgan fingerprint density at radius 3 is 2.83 bits per heavy atom. The molecule has 1 saturated heterocycles. The lowest BCUT2D eigenvalue weighted by Crippen LogP contribution is -2.38. The lowest BCUT2D eigenvalue weighted by atomic mass is 9.92. The zero-order valence-corrected chi connectivity index (χ0v) is 13.1. The first-order valence-corrected chi connectivity index (χ1v) is 8.06. The number of nitrogens with zero attached hydrogens (tertiary/aromatic N) is 2. The molecule has 23 heavy (non-hydrogen) atoms. The van der Waals surface area contributed by atoms with E-state index in [2.05, 4.69) is 33.6 Å². The summed E-state index contributed by atoms with van der Waals surface area (Å²) in [7, 11) is 0. The van der Waals surface area contributed by atoms with Gasteiger partial charge in [0, 0.05) is 38.3 Å². The Kier molecular flexibility index (Phi) is 4.73. The monoisotopic (exact) mass is 311 g/mol. The van der Waals surface area contributed by atoms with Crippen LogP contribution in [0.4, 0.5) is 0 Å². The fourth-order valence-electron chi connectivity index (χ4n) is 3.04. The Hall–Kier alpha value is -2.19. The Morgan fingerprint density at radius 2 is 2.13 bits per heavy atom. The second kappa shape index (κ2) is 6.93. The number of hydrogen-bond donors (Lipinski definition) is 1. The molecule has 2 atom stereocenters. The number of terminal acetylenes is 1. The molecule has 120 valence electrons. The highest BCUT2D eigenvalue weighted by molar-refractivity contribution is 5.82. The molecule has 0 radical (unpaired) electrons. The summed E-state index contributed by atoms with van der Waals surface area (Å²) in [5.74, 6) is 2.68. The van der Waals surface area contributed by atoms with Crippen molar-refractivity contribution in [2.75, 3.05) is 13.2 Å². The van der Waals surface area contributed by atoms with Crippen molar-refractivity contribution in [1.29, 1.82) is 0 Å². The molecule has 3 rings (SSSR count). The molecule has 0 bridgehead atoms. The van der Waals surface area contributed by atoms with Crippen molar-refractivity contribution in [3.8, 4) is 12.3 Å². The summed E-state index contributed by atoms with van der Waals surface area (Å²) < 4.78 is 5.66. The maximum absolute atomic E-state index is 12.4. The molecule has 1 fully saturated rings. The van der Waals surface area contributed by atoms with Gasteiger partial charge in [-0.05, 0) is 12.0 Å². The number of ether oxygens (including phenoxy) is 1. The number of carbonyl (C=O) groups excluding carboxylic acids is 1. The summed E-state index contributed by atoms with van der Waals surface area (Å²) in [5.41, 5.74) is 0.803. The number of nitrogens with one attached hydrogen (secondary N) is 1. The van der Waals surface area contributed by atoms with Crippen LogP contribution in [0.3, 0.4) is 0 Å². The highest BCUT2D eigenvalue weighted by Gasteiger charge is 2.39. The van der Waals surface area contributed by atoms with Crippen molar-refractivity contribution in [3.63, 3.8) is 0 Å². The smallest absolute Gasteiger partial charge is 0.249 e. The molecule has 0 saturated carbocycles. The molecule has 2 aliphatic rings. The fraction of sp³-hybridized carbons (Fsp3) is 0.500. The van der Waals surface area contributed by atoms with Crippen molar-refractivity contribution in [1.82, 2.24) is 5.32 Å². The van der Waals surface area contributed by atoms with E-state index in [1.165, 1.54) is 0 Å². The number of benzene rings is 1. The van der Waals surface area contributed by atoms with Gasteiger partial charge in [-0.15, -0.1) is 12.3 Å². The van der Waals surface area contributed by atoms with Crippen LogP contribution < -0.4 is 5.32 Å². The lowest BCUT2D eigenvalue weighted by molar-refractivity contribution is -0.130. The van der Waals surface area contributed by atoms with Gasteiger partial charge in [0.25, 0.3) is 0 Å². The Bertz CT molecular complexity index is 615. The molecular weight excluding hydrogens is 290 g/mol. The van der Waals surface area contributed by atoms with Crippen molar-refractivity contribution in [3.05, 3.63) is 35.9 Å². The first-order chi connectivity index (χ1) is 11.2. The van der Waals surface area contributed by atoms with E-state index in [9.17, 15) is 4.79 Å². The van der Waals surface area contributed by atoms with Crippen LogP contribution in [-0.4, -0.2) is 30.8 Å². The van der Waals surface area contributed by atoms with E-state index in [1.54, 1.807) is 0 Å². The third kappa shape index (κ3) is 3.77. The minimum atomic E-state index is -0.410. The van der Waals surface area contributed by atoms with E-state index in [1.807, 2.05) is 18.2 Å². The summed E-state index contributed by atoms with van der Waals surface area (Å²) >= 11 is 0. The van der Waals surface area contributed by atoms with Crippen molar-refractivity contribution in [2.24, 2.45) is 10.2 Å². The van der Waals surface area contributed by atoms with Crippen LogP contribution in [0, 0.1) is 12.3 Å². The summed E-state index contributed by atoms with van der Waals surface area (Å²) in [4.78, 5) is 12.4. The number of rotatable bonds is 7. The molecule has 0 aromatic heterocycles. The average Bonchev–Trinajstić information content (AvgIpc) is 3.17. The highest BCUT2D eigenvalue weighted by Crippen LogP contribution is 2.36. The first-order valence-electron chi connectivity index (χ1n) is 8.06.